The van der Waals surface area contributed by atoms with E-state index in [1.165, 1.54) is 5.56 Å². The summed E-state index contributed by atoms with van der Waals surface area (Å²) in [5, 5.41) is 9.49. The van der Waals surface area contributed by atoms with Gasteiger partial charge in [0.05, 0.1) is 18.5 Å². The van der Waals surface area contributed by atoms with Gasteiger partial charge in [0.15, 0.2) is 0 Å². The lowest BCUT2D eigenvalue weighted by Crippen LogP contribution is -2.08. The second-order valence-corrected chi connectivity index (χ2v) is 6.49. The lowest BCUT2D eigenvalue weighted by atomic mass is 10.1. The molecule has 0 atom stereocenters. The average Bonchev–Trinajstić information content (AvgIpc) is 3.16. The number of ether oxygens (including phenoxy) is 1. The van der Waals surface area contributed by atoms with Crippen LogP contribution in [0.4, 0.5) is 0 Å². The number of hydrogen-bond acceptors (Lipinski definition) is 3. The van der Waals surface area contributed by atoms with Gasteiger partial charge in [-0.25, -0.2) is 4.68 Å². The lowest BCUT2D eigenvalue weighted by molar-refractivity contribution is 0.412. The standard InChI is InChI=1S/C18H15Cl2N3O/c1-24-17-8-13(20)6-7-16(17)23-18(11-2-4-12(19)5-3-11)14-9-21-10-15(14)22-23/h2-8,21H,9-10H2,1H3. The van der Waals surface area contributed by atoms with Crippen LogP contribution in [0.25, 0.3) is 16.9 Å². The van der Waals surface area contributed by atoms with Crippen molar-refractivity contribution in [2.75, 3.05) is 7.11 Å². The summed E-state index contributed by atoms with van der Waals surface area (Å²) >= 11 is 12.1. The molecule has 1 aromatic heterocycles. The van der Waals surface area contributed by atoms with Gasteiger partial charge in [0.1, 0.15) is 11.4 Å². The second-order valence-electron chi connectivity index (χ2n) is 5.61. The Morgan fingerprint density at radius 1 is 1.04 bits per heavy atom. The summed E-state index contributed by atoms with van der Waals surface area (Å²) in [6.45, 7) is 1.56. The average molecular weight is 360 g/mol. The van der Waals surface area contributed by atoms with Gasteiger partial charge in [-0.15, -0.1) is 0 Å². The Balaban J connectivity index is 1.95. The minimum Gasteiger partial charge on any atom is -0.494 e. The Morgan fingerprint density at radius 3 is 2.54 bits per heavy atom. The normalized spacial score (nSPS) is 13.1. The number of aromatic nitrogens is 2. The first kappa shape index (κ1) is 15.5. The van der Waals surface area contributed by atoms with Crippen LogP contribution < -0.4 is 10.1 Å². The van der Waals surface area contributed by atoms with Crippen LogP contribution >= 0.6 is 23.2 Å². The van der Waals surface area contributed by atoms with Crippen molar-refractivity contribution in [3.63, 3.8) is 0 Å². The van der Waals surface area contributed by atoms with Crippen molar-refractivity contribution in [3.05, 3.63) is 63.8 Å². The van der Waals surface area contributed by atoms with Crippen LogP contribution in [0.3, 0.4) is 0 Å². The first-order valence-electron chi connectivity index (χ1n) is 7.58. The van der Waals surface area contributed by atoms with Gasteiger partial charge < -0.3 is 10.1 Å². The van der Waals surface area contributed by atoms with Crippen molar-refractivity contribution in [1.29, 1.82) is 0 Å². The van der Waals surface area contributed by atoms with Gasteiger partial charge in [0.25, 0.3) is 0 Å². The molecule has 1 N–H and O–H groups in total. The quantitative estimate of drug-likeness (QED) is 0.750. The molecule has 24 heavy (non-hydrogen) atoms. The van der Waals surface area contributed by atoms with Crippen molar-refractivity contribution in [2.45, 2.75) is 13.1 Å². The molecule has 1 aliphatic rings. The predicted octanol–water partition coefficient (Wildman–Crippen LogP) is 4.46. The van der Waals surface area contributed by atoms with E-state index in [1.54, 1.807) is 13.2 Å². The molecule has 1 aliphatic heterocycles. The molecule has 0 saturated heterocycles. The van der Waals surface area contributed by atoms with Gasteiger partial charge >= 0.3 is 0 Å². The zero-order chi connectivity index (χ0) is 16.7. The molecule has 0 spiro atoms. The highest BCUT2D eigenvalue weighted by molar-refractivity contribution is 6.31. The highest BCUT2D eigenvalue weighted by Gasteiger charge is 2.25. The smallest absolute Gasteiger partial charge is 0.146 e. The van der Waals surface area contributed by atoms with Gasteiger partial charge in [-0.2, -0.15) is 5.10 Å². The second kappa shape index (κ2) is 6.13. The van der Waals surface area contributed by atoms with Crippen molar-refractivity contribution in [2.24, 2.45) is 0 Å². The van der Waals surface area contributed by atoms with Gasteiger partial charge in [-0.1, -0.05) is 35.3 Å². The van der Waals surface area contributed by atoms with E-state index in [0.29, 0.717) is 15.8 Å². The monoisotopic (exact) mass is 359 g/mol. The first-order chi connectivity index (χ1) is 11.7. The number of methoxy groups -OCH3 is 1. The van der Waals surface area contributed by atoms with E-state index >= 15 is 0 Å². The van der Waals surface area contributed by atoms with Crippen LogP contribution in [0.5, 0.6) is 5.75 Å². The SMILES string of the molecule is COc1cc(Cl)ccc1-n1nc2c(c1-c1ccc(Cl)cc1)CNC2. The molecule has 3 aromatic rings. The minimum atomic E-state index is 0.630. The molecule has 0 bridgehead atoms. The molecule has 4 nitrogen and oxygen atoms in total. The molecule has 0 fully saturated rings. The maximum absolute atomic E-state index is 6.10. The fourth-order valence-corrected chi connectivity index (χ4v) is 3.32. The van der Waals surface area contributed by atoms with Gasteiger partial charge in [0, 0.05) is 40.3 Å². The number of fused-ring (bicyclic) bond motifs is 1. The van der Waals surface area contributed by atoms with E-state index < -0.39 is 0 Å². The number of nitrogens with zero attached hydrogens (tertiary/aromatic N) is 2. The van der Waals surface area contributed by atoms with E-state index in [4.69, 9.17) is 33.0 Å². The Hall–Kier alpha value is -2.01. The molecule has 4 rings (SSSR count). The molecule has 0 amide bonds. The first-order valence-corrected chi connectivity index (χ1v) is 8.34. The van der Waals surface area contributed by atoms with Gasteiger partial charge in [-0.05, 0) is 24.3 Å². The van der Waals surface area contributed by atoms with Crippen LogP contribution in [-0.4, -0.2) is 16.9 Å². The fourth-order valence-electron chi connectivity index (χ4n) is 3.03. The van der Waals surface area contributed by atoms with E-state index in [9.17, 15) is 0 Å². The maximum atomic E-state index is 6.10. The van der Waals surface area contributed by atoms with Crippen LogP contribution in [0.15, 0.2) is 42.5 Å². The molecule has 0 radical (unpaired) electrons. The number of benzene rings is 2. The number of halogens is 2. The van der Waals surface area contributed by atoms with E-state index in [1.807, 2.05) is 41.1 Å². The Kier molecular flexibility index (Phi) is 3.96. The molecular weight excluding hydrogens is 345 g/mol. The fraction of sp³-hybridized carbons (Fsp3) is 0.167. The molecule has 122 valence electrons. The van der Waals surface area contributed by atoms with E-state index in [-0.39, 0.29) is 0 Å². The molecular formula is C18H15Cl2N3O. The highest BCUT2D eigenvalue weighted by atomic mass is 35.5. The topological polar surface area (TPSA) is 39.1 Å². The van der Waals surface area contributed by atoms with Crippen LogP contribution in [0.1, 0.15) is 11.3 Å². The van der Waals surface area contributed by atoms with Crippen LogP contribution in [0, 0.1) is 0 Å². The zero-order valence-corrected chi connectivity index (χ0v) is 14.5. The number of rotatable bonds is 3. The predicted molar refractivity (Wildman–Crippen MR) is 96.1 cm³/mol. The molecule has 6 heteroatoms. The summed E-state index contributed by atoms with van der Waals surface area (Å²) in [7, 11) is 1.63. The van der Waals surface area contributed by atoms with Gasteiger partial charge in [0.2, 0.25) is 0 Å². The minimum absolute atomic E-state index is 0.630. The molecule has 0 aliphatic carbocycles. The number of hydrogen-bond donors (Lipinski definition) is 1. The summed E-state index contributed by atoms with van der Waals surface area (Å²) in [6.07, 6.45) is 0. The van der Waals surface area contributed by atoms with Crippen molar-refractivity contribution in [1.82, 2.24) is 15.1 Å². The van der Waals surface area contributed by atoms with Gasteiger partial charge in [-0.3, -0.25) is 0 Å². The third-order valence-corrected chi connectivity index (χ3v) is 4.64. The Labute approximate surface area is 150 Å². The Bertz CT molecular complexity index is 903. The summed E-state index contributed by atoms with van der Waals surface area (Å²) in [5.41, 5.74) is 5.23. The maximum Gasteiger partial charge on any atom is 0.146 e. The van der Waals surface area contributed by atoms with E-state index in [0.717, 1.165) is 35.7 Å². The molecule has 2 aromatic carbocycles. The van der Waals surface area contributed by atoms with Crippen molar-refractivity contribution < 1.29 is 4.74 Å². The molecule has 2 heterocycles. The zero-order valence-electron chi connectivity index (χ0n) is 13.0. The summed E-state index contributed by atoms with van der Waals surface area (Å²) in [6, 6.07) is 13.4. The third kappa shape index (κ3) is 2.57. The molecule has 0 unspecified atom stereocenters. The summed E-state index contributed by atoms with van der Waals surface area (Å²) < 4.78 is 7.44. The highest BCUT2D eigenvalue weighted by Crippen LogP contribution is 2.35. The third-order valence-electron chi connectivity index (χ3n) is 4.15. The molecule has 0 saturated carbocycles. The van der Waals surface area contributed by atoms with Crippen LogP contribution in [-0.2, 0) is 13.1 Å². The van der Waals surface area contributed by atoms with E-state index in [2.05, 4.69) is 5.32 Å². The van der Waals surface area contributed by atoms with Crippen molar-refractivity contribution >= 4 is 23.2 Å². The van der Waals surface area contributed by atoms with Crippen LogP contribution in [0.2, 0.25) is 10.0 Å². The summed E-state index contributed by atoms with van der Waals surface area (Å²) in [4.78, 5) is 0. The summed E-state index contributed by atoms with van der Waals surface area (Å²) in [5.74, 6) is 0.687. The Morgan fingerprint density at radius 2 is 1.79 bits per heavy atom. The van der Waals surface area contributed by atoms with Crippen molar-refractivity contribution in [3.8, 4) is 22.7 Å². The number of nitrogens with one attached hydrogen (secondary N) is 1. The largest absolute Gasteiger partial charge is 0.494 e. The lowest BCUT2D eigenvalue weighted by Gasteiger charge is -2.13.